The first-order valence-electron chi connectivity index (χ1n) is 7.23. The third-order valence-corrected chi connectivity index (χ3v) is 4.46. The van der Waals surface area contributed by atoms with E-state index < -0.39 is 0 Å². The van der Waals surface area contributed by atoms with Crippen molar-refractivity contribution in [3.63, 3.8) is 0 Å². The fourth-order valence-electron chi connectivity index (χ4n) is 3.31. The second-order valence-corrected chi connectivity index (χ2v) is 5.88. The molecule has 2 fully saturated rings. The molecular weight excluding hydrogens is 228 g/mol. The SMILES string of the molecule is COCC1(CNC(=O)C2CCNCC2)CCCC1. The minimum absolute atomic E-state index is 0.206. The van der Waals surface area contributed by atoms with Gasteiger partial charge in [-0.3, -0.25) is 4.79 Å². The molecule has 0 unspecified atom stereocenters. The molecule has 0 spiro atoms. The Morgan fingerprint density at radius 1 is 1.33 bits per heavy atom. The lowest BCUT2D eigenvalue weighted by Crippen LogP contribution is -2.43. The molecule has 0 aromatic heterocycles. The molecule has 1 aliphatic heterocycles. The van der Waals surface area contributed by atoms with E-state index in [-0.39, 0.29) is 17.2 Å². The summed E-state index contributed by atoms with van der Waals surface area (Å²) in [5, 5.41) is 6.47. The number of carbonyl (C=O) groups excluding carboxylic acids is 1. The summed E-state index contributed by atoms with van der Waals surface area (Å²) in [7, 11) is 1.76. The molecule has 18 heavy (non-hydrogen) atoms. The molecule has 0 aromatic rings. The Kier molecular flexibility index (Phi) is 5.01. The lowest BCUT2D eigenvalue weighted by Gasteiger charge is -2.30. The largest absolute Gasteiger partial charge is 0.384 e. The molecule has 0 radical (unpaired) electrons. The summed E-state index contributed by atoms with van der Waals surface area (Å²) in [6.07, 6.45) is 6.87. The standard InChI is InChI=1S/C14H26N2O2/c1-18-11-14(6-2-3-7-14)10-16-13(17)12-4-8-15-9-5-12/h12,15H,2-11H2,1H3,(H,16,17). The number of methoxy groups -OCH3 is 1. The van der Waals surface area contributed by atoms with Gasteiger partial charge in [0.15, 0.2) is 0 Å². The molecule has 1 heterocycles. The van der Waals surface area contributed by atoms with Crippen LogP contribution in [-0.4, -0.2) is 39.3 Å². The maximum Gasteiger partial charge on any atom is 0.223 e. The van der Waals surface area contributed by atoms with Gasteiger partial charge in [0.1, 0.15) is 0 Å². The minimum Gasteiger partial charge on any atom is -0.384 e. The Hall–Kier alpha value is -0.610. The van der Waals surface area contributed by atoms with Crippen LogP contribution in [0.25, 0.3) is 0 Å². The smallest absolute Gasteiger partial charge is 0.223 e. The van der Waals surface area contributed by atoms with E-state index in [1.807, 2.05) is 0 Å². The highest BCUT2D eigenvalue weighted by Crippen LogP contribution is 2.37. The first-order chi connectivity index (χ1) is 8.76. The second-order valence-electron chi connectivity index (χ2n) is 5.88. The monoisotopic (exact) mass is 254 g/mol. The predicted molar refractivity (Wildman–Crippen MR) is 71.4 cm³/mol. The van der Waals surface area contributed by atoms with Gasteiger partial charge in [-0.1, -0.05) is 12.8 Å². The van der Waals surface area contributed by atoms with E-state index in [1.165, 1.54) is 25.7 Å². The van der Waals surface area contributed by atoms with Gasteiger partial charge in [-0.15, -0.1) is 0 Å². The van der Waals surface area contributed by atoms with Gasteiger partial charge in [0.25, 0.3) is 0 Å². The van der Waals surface area contributed by atoms with Gasteiger partial charge in [-0.05, 0) is 38.8 Å². The molecule has 2 rings (SSSR count). The van der Waals surface area contributed by atoms with Crippen molar-refractivity contribution in [1.29, 1.82) is 0 Å². The molecule has 0 aromatic carbocycles. The Labute approximate surface area is 110 Å². The average molecular weight is 254 g/mol. The molecule has 104 valence electrons. The van der Waals surface area contributed by atoms with E-state index in [1.54, 1.807) is 7.11 Å². The van der Waals surface area contributed by atoms with E-state index >= 15 is 0 Å². The maximum atomic E-state index is 12.1. The Morgan fingerprint density at radius 3 is 2.61 bits per heavy atom. The van der Waals surface area contributed by atoms with Crippen LogP contribution in [-0.2, 0) is 9.53 Å². The normalized spacial score (nSPS) is 24.1. The number of amides is 1. The fourth-order valence-corrected chi connectivity index (χ4v) is 3.31. The Balaban J connectivity index is 1.79. The van der Waals surface area contributed by atoms with Crippen molar-refractivity contribution in [2.24, 2.45) is 11.3 Å². The summed E-state index contributed by atoms with van der Waals surface area (Å²) < 4.78 is 5.35. The van der Waals surface area contributed by atoms with Crippen LogP contribution >= 0.6 is 0 Å². The van der Waals surface area contributed by atoms with E-state index in [0.717, 1.165) is 39.1 Å². The zero-order valence-corrected chi connectivity index (χ0v) is 11.5. The van der Waals surface area contributed by atoms with Crippen molar-refractivity contribution in [2.45, 2.75) is 38.5 Å². The molecular formula is C14H26N2O2. The molecule has 1 saturated carbocycles. The Bertz CT molecular complexity index is 269. The van der Waals surface area contributed by atoms with Crippen molar-refractivity contribution < 1.29 is 9.53 Å². The number of piperidine rings is 1. The van der Waals surface area contributed by atoms with Crippen LogP contribution in [0.5, 0.6) is 0 Å². The number of ether oxygens (including phenoxy) is 1. The average Bonchev–Trinajstić information content (AvgIpc) is 2.87. The molecule has 2 aliphatic rings. The molecule has 4 nitrogen and oxygen atoms in total. The molecule has 4 heteroatoms. The number of hydrogen-bond donors (Lipinski definition) is 2. The second kappa shape index (κ2) is 6.53. The van der Waals surface area contributed by atoms with E-state index in [0.29, 0.717) is 0 Å². The van der Waals surface area contributed by atoms with E-state index in [9.17, 15) is 4.79 Å². The van der Waals surface area contributed by atoms with Gasteiger partial charge in [0.05, 0.1) is 6.61 Å². The van der Waals surface area contributed by atoms with Crippen LogP contribution in [0, 0.1) is 11.3 Å². The van der Waals surface area contributed by atoms with E-state index in [2.05, 4.69) is 10.6 Å². The van der Waals surface area contributed by atoms with Crippen LogP contribution in [0.2, 0.25) is 0 Å². The summed E-state index contributed by atoms with van der Waals surface area (Å²) in [4.78, 5) is 12.1. The predicted octanol–water partition coefficient (Wildman–Crippen LogP) is 1.31. The molecule has 1 amide bonds. The summed E-state index contributed by atoms with van der Waals surface area (Å²) in [6, 6.07) is 0. The highest BCUT2D eigenvalue weighted by molar-refractivity contribution is 5.78. The number of nitrogens with one attached hydrogen (secondary N) is 2. The van der Waals surface area contributed by atoms with Gasteiger partial charge < -0.3 is 15.4 Å². The van der Waals surface area contributed by atoms with Crippen LogP contribution < -0.4 is 10.6 Å². The Morgan fingerprint density at radius 2 is 2.00 bits per heavy atom. The zero-order chi connectivity index (χ0) is 12.8. The molecule has 2 N–H and O–H groups in total. The van der Waals surface area contributed by atoms with Crippen molar-refractivity contribution in [2.75, 3.05) is 33.4 Å². The van der Waals surface area contributed by atoms with Crippen molar-refractivity contribution in [3.8, 4) is 0 Å². The van der Waals surface area contributed by atoms with Crippen molar-refractivity contribution in [3.05, 3.63) is 0 Å². The molecule has 1 aliphatic carbocycles. The van der Waals surface area contributed by atoms with Gasteiger partial charge in [0, 0.05) is 25.0 Å². The van der Waals surface area contributed by atoms with Crippen molar-refractivity contribution >= 4 is 5.91 Å². The molecule has 0 bridgehead atoms. The third kappa shape index (κ3) is 3.45. The summed E-state index contributed by atoms with van der Waals surface area (Å²) >= 11 is 0. The number of rotatable bonds is 5. The van der Waals surface area contributed by atoms with Crippen LogP contribution in [0.1, 0.15) is 38.5 Å². The van der Waals surface area contributed by atoms with Gasteiger partial charge >= 0.3 is 0 Å². The topological polar surface area (TPSA) is 50.4 Å². The van der Waals surface area contributed by atoms with E-state index in [4.69, 9.17) is 4.74 Å². The number of carbonyl (C=O) groups is 1. The highest BCUT2D eigenvalue weighted by Gasteiger charge is 2.34. The quantitative estimate of drug-likeness (QED) is 0.778. The maximum absolute atomic E-state index is 12.1. The van der Waals surface area contributed by atoms with Gasteiger partial charge in [-0.25, -0.2) is 0 Å². The van der Waals surface area contributed by atoms with Crippen LogP contribution in [0.3, 0.4) is 0 Å². The fraction of sp³-hybridized carbons (Fsp3) is 0.929. The minimum atomic E-state index is 0.206. The number of hydrogen-bond acceptors (Lipinski definition) is 3. The summed E-state index contributed by atoms with van der Waals surface area (Å²) in [5.41, 5.74) is 0.206. The van der Waals surface area contributed by atoms with Crippen molar-refractivity contribution in [1.82, 2.24) is 10.6 Å². The van der Waals surface area contributed by atoms with Crippen LogP contribution in [0.15, 0.2) is 0 Å². The van der Waals surface area contributed by atoms with Crippen LogP contribution in [0.4, 0.5) is 0 Å². The molecule has 0 atom stereocenters. The van der Waals surface area contributed by atoms with Gasteiger partial charge in [-0.2, -0.15) is 0 Å². The molecule has 1 saturated heterocycles. The van der Waals surface area contributed by atoms with Gasteiger partial charge in [0.2, 0.25) is 5.91 Å². The highest BCUT2D eigenvalue weighted by atomic mass is 16.5. The lowest BCUT2D eigenvalue weighted by molar-refractivity contribution is -0.126. The first kappa shape index (κ1) is 13.8. The lowest BCUT2D eigenvalue weighted by atomic mass is 9.86. The zero-order valence-electron chi connectivity index (χ0n) is 11.5. The first-order valence-corrected chi connectivity index (χ1v) is 7.23. The summed E-state index contributed by atoms with van der Waals surface area (Å²) in [6.45, 7) is 3.52. The summed E-state index contributed by atoms with van der Waals surface area (Å²) in [5.74, 6) is 0.464. The third-order valence-electron chi connectivity index (χ3n) is 4.46.